The van der Waals surface area contributed by atoms with Crippen LogP contribution < -0.4 is 10.1 Å². The topological polar surface area (TPSA) is 50.8 Å². The first-order valence-corrected chi connectivity index (χ1v) is 8.20. The molecule has 0 radical (unpaired) electrons. The predicted molar refractivity (Wildman–Crippen MR) is 90.9 cm³/mol. The van der Waals surface area contributed by atoms with E-state index in [-0.39, 0.29) is 11.3 Å². The van der Waals surface area contributed by atoms with E-state index >= 15 is 0 Å². The number of carbonyl (C=O) groups excluding carboxylic acids is 1. The highest BCUT2D eigenvalue weighted by Crippen LogP contribution is 2.39. The average molecular weight is 320 g/mol. The Bertz CT molecular complexity index is 511. The third-order valence-electron chi connectivity index (χ3n) is 4.54. The van der Waals surface area contributed by atoms with Gasteiger partial charge in [-0.2, -0.15) is 0 Å². The van der Waals surface area contributed by atoms with Crippen molar-refractivity contribution in [2.45, 2.75) is 24.7 Å². The van der Waals surface area contributed by atoms with Crippen LogP contribution in [0.2, 0.25) is 0 Å². The number of nitrogens with one attached hydrogen (secondary N) is 1. The van der Waals surface area contributed by atoms with Crippen molar-refractivity contribution in [2.75, 3.05) is 47.5 Å². The first-order chi connectivity index (χ1) is 11.1. The van der Waals surface area contributed by atoms with Crippen molar-refractivity contribution >= 4 is 5.91 Å². The summed E-state index contributed by atoms with van der Waals surface area (Å²) < 4.78 is 11.1. The number of para-hydroxylation sites is 1. The second-order valence-corrected chi connectivity index (χ2v) is 6.42. The molecular formula is C18H28N2O3. The molecule has 5 heteroatoms. The molecule has 0 unspecified atom stereocenters. The quantitative estimate of drug-likeness (QED) is 0.832. The lowest BCUT2D eigenvalue weighted by molar-refractivity contribution is -0.121. The van der Waals surface area contributed by atoms with Crippen LogP contribution in [0.4, 0.5) is 0 Å². The summed E-state index contributed by atoms with van der Waals surface area (Å²) in [5.74, 6) is 0.983. The molecule has 1 saturated heterocycles. The summed E-state index contributed by atoms with van der Waals surface area (Å²) in [5.41, 5.74) is 1.05. The summed E-state index contributed by atoms with van der Waals surface area (Å²) in [7, 11) is 5.64. The minimum absolute atomic E-state index is 0.0967. The fourth-order valence-corrected chi connectivity index (χ4v) is 3.07. The Hall–Kier alpha value is -1.59. The van der Waals surface area contributed by atoms with Crippen LogP contribution in [0, 0.1) is 0 Å². The maximum absolute atomic E-state index is 12.1. The number of carbonyl (C=O) groups is 1. The molecular weight excluding hydrogens is 292 g/mol. The van der Waals surface area contributed by atoms with Crippen LogP contribution in [0.5, 0.6) is 5.75 Å². The molecule has 0 spiro atoms. The Balaban J connectivity index is 2.11. The Morgan fingerprint density at radius 3 is 2.65 bits per heavy atom. The Morgan fingerprint density at radius 2 is 2.00 bits per heavy atom. The van der Waals surface area contributed by atoms with Gasteiger partial charge in [-0.3, -0.25) is 4.79 Å². The molecule has 23 heavy (non-hydrogen) atoms. The highest BCUT2D eigenvalue weighted by Gasteiger charge is 2.36. The molecule has 2 rings (SSSR count). The SMILES string of the molecule is COc1ccccc1C1(CNC(=O)CCN(C)C)CCOCC1. The molecule has 1 amide bonds. The molecule has 1 aromatic rings. The molecule has 1 fully saturated rings. The number of hydrogen-bond acceptors (Lipinski definition) is 4. The number of amides is 1. The van der Waals surface area contributed by atoms with Crippen LogP contribution >= 0.6 is 0 Å². The van der Waals surface area contributed by atoms with Gasteiger partial charge in [-0.15, -0.1) is 0 Å². The van der Waals surface area contributed by atoms with Gasteiger partial charge in [0.25, 0.3) is 0 Å². The maximum Gasteiger partial charge on any atom is 0.221 e. The molecule has 0 bridgehead atoms. The molecule has 0 aliphatic carbocycles. The van der Waals surface area contributed by atoms with E-state index in [4.69, 9.17) is 9.47 Å². The first kappa shape index (κ1) is 17.8. The van der Waals surface area contributed by atoms with Gasteiger partial charge >= 0.3 is 0 Å². The zero-order valence-corrected chi connectivity index (χ0v) is 14.4. The number of ether oxygens (including phenoxy) is 2. The van der Waals surface area contributed by atoms with E-state index in [1.807, 2.05) is 37.2 Å². The largest absolute Gasteiger partial charge is 0.496 e. The van der Waals surface area contributed by atoms with Gasteiger partial charge in [0.15, 0.2) is 0 Å². The van der Waals surface area contributed by atoms with Crippen molar-refractivity contribution in [1.82, 2.24) is 10.2 Å². The monoisotopic (exact) mass is 320 g/mol. The zero-order valence-electron chi connectivity index (χ0n) is 14.4. The maximum atomic E-state index is 12.1. The molecule has 1 aliphatic heterocycles. The van der Waals surface area contributed by atoms with Crippen LogP contribution in [0.1, 0.15) is 24.8 Å². The number of nitrogens with zero attached hydrogens (tertiary/aromatic N) is 1. The van der Waals surface area contributed by atoms with Crippen molar-refractivity contribution in [3.63, 3.8) is 0 Å². The third kappa shape index (κ3) is 4.69. The molecule has 128 valence electrons. The molecule has 1 aliphatic rings. The number of rotatable bonds is 7. The lowest BCUT2D eigenvalue weighted by atomic mass is 9.73. The number of hydrogen-bond donors (Lipinski definition) is 1. The van der Waals surface area contributed by atoms with Crippen LogP contribution in [0.3, 0.4) is 0 Å². The van der Waals surface area contributed by atoms with Crippen molar-refractivity contribution in [3.8, 4) is 5.75 Å². The molecule has 1 heterocycles. The van der Waals surface area contributed by atoms with Crippen molar-refractivity contribution in [3.05, 3.63) is 29.8 Å². The first-order valence-electron chi connectivity index (χ1n) is 8.20. The van der Waals surface area contributed by atoms with Gasteiger partial charge in [0.1, 0.15) is 5.75 Å². The van der Waals surface area contributed by atoms with Crippen LogP contribution in [0.15, 0.2) is 24.3 Å². The van der Waals surface area contributed by atoms with Gasteiger partial charge < -0.3 is 19.7 Å². The molecule has 0 aromatic heterocycles. The second kappa shape index (κ2) is 8.31. The van der Waals surface area contributed by atoms with Gasteiger partial charge in [-0.05, 0) is 33.0 Å². The van der Waals surface area contributed by atoms with Gasteiger partial charge in [-0.1, -0.05) is 18.2 Å². The van der Waals surface area contributed by atoms with E-state index in [1.165, 1.54) is 5.56 Å². The van der Waals surface area contributed by atoms with Crippen LogP contribution in [0.25, 0.3) is 0 Å². The van der Waals surface area contributed by atoms with E-state index in [0.717, 1.165) is 25.1 Å². The highest BCUT2D eigenvalue weighted by atomic mass is 16.5. The van der Waals surface area contributed by atoms with E-state index in [1.54, 1.807) is 7.11 Å². The van der Waals surface area contributed by atoms with Gasteiger partial charge in [0.05, 0.1) is 7.11 Å². The molecule has 1 aromatic carbocycles. The van der Waals surface area contributed by atoms with E-state index in [0.29, 0.717) is 26.2 Å². The minimum Gasteiger partial charge on any atom is -0.496 e. The molecule has 0 atom stereocenters. The van der Waals surface area contributed by atoms with Crippen molar-refractivity contribution in [2.24, 2.45) is 0 Å². The minimum atomic E-state index is -0.112. The number of methoxy groups -OCH3 is 1. The second-order valence-electron chi connectivity index (χ2n) is 6.42. The fourth-order valence-electron chi connectivity index (χ4n) is 3.07. The lowest BCUT2D eigenvalue weighted by Crippen LogP contribution is -2.45. The van der Waals surface area contributed by atoms with Crippen LogP contribution in [-0.2, 0) is 14.9 Å². The van der Waals surface area contributed by atoms with Crippen LogP contribution in [-0.4, -0.2) is 58.3 Å². The standard InChI is InChI=1S/C18H28N2O3/c1-20(2)11-8-17(21)19-14-18(9-12-23-13-10-18)15-6-4-5-7-16(15)22-3/h4-7H,8-14H2,1-3H3,(H,19,21). The summed E-state index contributed by atoms with van der Waals surface area (Å²) in [4.78, 5) is 14.1. The summed E-state index contributed by atoms with van der Waals surface area (Å²) in [6, 6.07) is 8.10. The zero-order chi connectivity index (χ0) is 16.7. The fraction of sp³-hybridized carbons (Fsp3) is 0.611. The predicted octanol–water partition coefficient (Wildman–Crippen LogP) is 1.81. The Morgan fingerprint density at radius 1 is 1.30 bits per heavy atom. The van der Waals surface area contributed by atoms with E-state index in [2.05, 4.69) is 11.4 Å². The highest BCUT2D eigenvalue weighted by molar-refractivity contribution is 5.76. The van der Waals surface area contributed by atoms with Gasteiger partial charge in [-0.25, -0.2) is 0 Å². The summed E-state index contributed by atoms with van der Waals surface area (Å²) in [6.07, 6.45) is 2.30. The normalized spacial score (nSPS) is 17.0. The average Bonchev–Trinajstić information content (AvgIpc) is 2.59. The van der Waals surface area contributed by atoms with Crippen molar-refractivity contribution in [1.29, 1.82) is 0 Å². The number of benzene rings is 1. The lowest BCUT2D eigenvalue weighted by Gasteiger charge is -2.38. The molecule has 0 saturated carbocycles. The van der Waals surface area contributed by atoms with Gasteiger partial charge in [0.2, 0.25) is 5.91 Å². The van der Waals surface area contributed by atoms with Crippen molar-refractivity contribution < 1.29 is 14.3 Å². The molecule has 1 N–H and O–H groups in total. The van der Waals surface area contributed by atoms with E-state index < -0.39 is 0 Å². The summed E-state index contributed by atoms with van der Waals surface area (Å²) >= 11 is 0. The smallest absolute Gasteiger partial charge is 0.221 e. The van der Waals surface area contributed by atoms with E-state index in [9.17, 15) is 4.79 Å². The van der Waals surface area contributed by atoms with Gasteiger partial charge in [0, 0.05) is 43.7 Å². The third-order valence-corrected chi connectivity index (χ3v) is 4.54. The summed E-state index contributed by atoms with van der Waals surface area (Å²) in [6.45, 7) is 2.82. The molecule has 5 nitrogen and oxygen atoms in total. The summed E-state index contributed by atoms with van der Waals surface area (Å²) in [5, 5.41) is 3.12. The Labute approximate surface area is 139 Å². The Kier molecular flexibility index (Phi) is 6.42.